The van der Waals surface area contributed by atoms with E-state index in [2.05, 4.69) is 15.7 Å². The number of carbonyl (C=O) groups excluding carboxylic acids is 1. The highest BCUT2D eigenvalue weighted by molar-refractivity contribution is 5.99. The summed E-state index contributed by atoms with van der Waals surface area (Å²) in [6.45, 7) is 6.03. The van der Waals surface area contributed by atoms with E-state index in [1.807, 2.05) is 51.1 Å². The van der Waals surface area contributed by atoms with Gasteiger partial charge in [0, 0.05) is 17.2 Å². The number of hydrogen-bond acceptors (Lipinski definition) is 2. The van der Waals surface area contributed by atoms with Gasteiger partial charge in [0.15, 0.2) is 0 Å². The summed E-state index contributed by atoms with van der Waals surface area (Å²) in [4.78, 5) is 12.4. The second-order valence-electron chi connectivity index (χ2n) is 7.57. The number of halogens is 3. The Labute approximate surface area is 166 Å². The van der Waals surface area contributed by atoms with Gasteiger partial charge >= 0.3 is 12.2 Å². The van der Waals surface area contributed by atoms with Gasteiger partial charge in [0.1, 0.15) is 5.82 Å². The Morgan fingerprint density at radius 2 is 1.55 bits per heavy atom. The smallest absolute Gasteiger partial charge is 0.308 e. The normalized spacial score (nSPS) is 11.9. The van der Waals surface area contributed by atoms with Crippen LogP contribution in [0.5, 0.6) is 0 Å². The number of nitrogens with zero attached hydrogens (tertiary/aromatic N) is 2. The number of para-hydroxylation sites is 1. The maximum atomic E-state index is 12.7. The topological polar surface area (TPSA) is 59.0 Å². The molecule has 1 aromatic heterocycles. The SMILES string of the molecule is CC(C)(C)c1cc(NC(=O)Nc2ccc(C(F)(F)F)cc2)n(-c2ccccc2)n1. The lowest BCUT2D eigenvalue weighted by atomic mass is 9.92. The van der Waals surface area contributed by atoms with Crippen molar-refractivity contribution in [3.8, 4) is 5.69 Å². The number of hydrogen-bond donors (Lipinski definition) is 2. The van der Waals surface area contributed by atoms with Gasteiger partial charge in [-0.2, -0.15) is 18.3 Å². The van der Waals surface area contributed by atoms with Crippen LogP contribution in [0.2, 0.25) is 0 Å². The number of anilines is 2. The first-order chi connectivity index (χ1) is 13.5. The molecule has 0 unspecified atom stereocenters. The Bertz CT molecular complexity index is 988. The molecule has 0 atom stereocenters. The lowest BCUT2D eigenvalue weighted by Gasteiger charge is -2.14. The molecular formula is C21H21F3N4O. The summed E-state index contributed by atoms with van der Waals surface area (Å²) in [7, 11) is 0. The van der Waals surface area contributed by atoms with E-state index in [0.717, 1.165) is 23.5 Å². The Hall–Kier alpha value is -3.29. The minimum atomic E-state index is -4.42. The first kappa shape index (κ1) is 20.4. The first-order valence-corrected chi connectivity index (χ1v) is 8.95. The van der Waals surface area contributed by atoms with Gasteiger partial charge in [0.05, 0.1) is 16.9 Å². The molecule has 0 spiro atoms. The van der Waals surface area contributed by atoms with Crippen molar-refractivity contribution in [2.75, 3.05) is 10.6 Å². The Kier molecular flexibility index (Phi) is 5.37. The summed E-state index contributed by atoms with van der Waals surface area (Å²) < 4.78 is 39.6. The molecule has 0 aliphatic rings. The number of nitrogens with one attached hydrogen (secondary N) is 2. The van der Waals surface area contributed by atoms with Gasteiger partial charge in [-0.1, -0.05) is 39.0 Å². The lowest BCUT2D eigenvalue weighted by molar-refractivity contribution is -0.137. The van der Waals surface area contributed by atoms with E-state index >= 15 is 0 Å². The zero-order valence-corrected chi connectivity index (χ0v) is 16.2. The van der Waals surface area contributed by atoms with Crippen molar-refractivity contribution in [3.63, 3.8) is 0 Å². The fourth-order valence-corrected chi connectivity index (χ4v) is 2.62. The predicted molar refractivity (Wildman–Crippen MR) is 106 cm³/mol. The zero-order chi connectivity index (χ0) is 21.2. The zero-order valence-electron chi connectivity index (χ0n) is 16.2. The van der Waals surface area contributed by atoms with Gasteiger partial charge in [-0.15, -0.1) is 0 Å². The minimum absolute atomic E-state index is 0.236. The predicted octanol–water partition coefficient (Wildman–Crippen LogP) is 5.83. The molecule has 0 aliphatic carbocycles. The van der Waals surface area contributed by atoms with Gasteiger partial charge in [-0.3, -0.25) is 5.32 Å². The molecule has 29 heavy (non-hydrogen) atoms. The summed E-state index contributed by atoms with van der Waals surface area (Å²) in [6, 6.07) is 14.8. The average Bonchev–Trinajstić information content (AvgIpc) is 3.06. The number of rotatable bonds is 3. The Morgan fingerprint density at radius 3 is 2.10 bits per heavy atom. The third-order valence-electron chi connectivity index (χ3n) is 4.19. The molecule has 0 saturated heterocycles. The summed E-state index contributed by atoms with van der Waals surface area (Å²) in [6.07, 6.45) is -4.42. The molecule has 3 aromatic rings. The molecule has 0 radical (unpaired) electrons. The van der Waals surface area contributed by atoms with Crippen LogP contribution in [0.4, 0.5) is 29.5 Å². The van der Waals surface area contributed by atoms with Crippen molar-refractivity contribution in [1.29, 1.82) is 0 Å². The van der Waals surface area contributed by atoms with Crippen LogP contribution < -0.4 is 10.6 Å². The Balaban J connectivity index is 1.82. The van der Waals surface area contributed by atoms with E-state index in [1.54, 1.807) is 10.7 Å². The third kappa shape index (κ3) is 4.96. The monoisotopic (exact) mass is 402 g/mol. The molecule has 0 saturated carbocycles. The van der Waals surface area contributed by atoms with Crippen LogP contribution in [0.15, 0.2) is 60.7 Å². The van der Waals surface area contributed by atoms with Gasteiger partial charge in [-0.05, 0) is 36.4 Å². The first-order valence-electron chi connectivity index (χ1n) is 8.95. The van der Waals surface area contributed by atoms with E-state index in [1.165, 1.54) is 12.1 Å². The lowest BCUT2D eigenvalue weighted by Crippen LogP contribution is -2.21. The van der Waals surface area contributed by atoms with E-state index in [9.17, 15) is 18.0 Å². The number of carbonyl (C=O) groups is 1. The number of amides is 2. The minimum Gasteiger partial charge on any atom is -0.308 e. The Morgan fingerprint density at radius 1 is 0.931 bits per heavy atom. The van der Waals surface area contributed by atoms with Crippen molar-refractivity contribution < 1.29 is 18.0 Å². The molecule has 0 fully saturated rings. The second kappa shape index (κ2) is 7.62. The van der Waals surface area contributed by atoms with Crippen molar-refractivity contribution in [2.24, 2.45) is 0 Å². The highest BCUT2D eigenvalue weighted by atomic mass is 19.4. The van der Waals surface area contributed by atoms with E-state index in [0.29, 0.717) is 5.82 Å². The van der Waals surface area contributed by atoms with Crippen molar-refractivity contribution in [1.82, 2.24) is 9.78 Å². The molecular weight excluding hydrogens is 381 g/mol. The van der Waals surface area contributed by atoms with E-state index in [-0.39, 0.29) is 11.1 Å². The van der Waals surface area contributed by atoms with Crippen LogP contribution in [-0.4, -0.2) is 15.8 Å². The molecule has 0 aliphatic heterocycles. The average molecular weight is 402 g/mol. The largest absolute Gasteiger partial charge is 0.416 e. The van der Waals surface area contributed by atoms with Crippen LogP contribution in [0.1, 0.15) is 32.0 Å². The van der Waals surface area contributed by atoms with Gasteiger partial charge in [0.25, 0.3) is 0 Å². The summed E-state index contributed by atoms with van der Waals surface area (Å²) >= 11 is 0. The molecule has 8 heteroatoms. The van der Waals surface area contributed by atoms with Crippen molar-refractivity contribution >= 4 is 17.5 Å². The highest BCUT2D eigenvalue weighted by Crippen LogP contribution is 2.30. The quantitative estimate of drug-likeness (QED) is 0.579. The molecule has 1 heterocycles. The number of urea groups is 1. The van der Waals surface area contributed by atoms with Crippen LogP contribution in [0, 0.1) is 0 Å². The summed E-state index contributed by atoms with van der Waals surface area (Å²) in [5.74, 6) is 0.450. The third-order valence-corrected chi connectivity index (χ3v) is 4.19. The van der Waals surface area contributed by atoms with E-state index in [4.69, 9.17) is 0 Å². The molecule has 2 N–H and O–H groups in total. The standard InChI is InChI=1S/C21H21F3N4O/c1-20(2,3)17-13-18(28(27-17)16-7-5-4-6-8-16)26-19(29)25-15-11-9-14(10-12-15)21(22,23)24/h4-13H,1-3H3,(H2,25,26,29). The van der Waals surface area contributed by atoms with E-state index < -0.39 is 17.8 Å². The van der Waals surface area contributed by atoms with Crippen LogP contribution >= 0.6 is 0 Å². The highest BCUT2D eigenvalue weighted by Gasteiger charge is 2.30. The molecule has 152 valence electrons. The maximum absolute atomic E-state index is 12.7. The van der Waals surface area contributed by atoms with Crippen molar-refractivity contribution in [2.45, 2.75) is 32.4 Å². The fourth-order valence-electron chi connectivity index (χ4n) is 2.62. The molecule has 5 nitrogen and oxygen atoms in total. The molecule has 0 bridgehead atoms. The van der Waals surface area contributed by atoms with Crippen LogP contribution in [0.25, 0.3) is 5.69 Å². The molecule has 2 aromatic carbocycles. The number of aromatic nitrogens is 2. The second-order valence-corrected chi connectivity index (χ2v) is 7.57. The molecule has 2 amide bonds. The van der Waals surface area contributed by atoms with Crippen LogP contribution in [0.3, 0.4) is 0 Å². The number of benzene rings is 2. The van der Waals surface area contributed by atoms with Crippen LogP contribution in [-0.2, 0) is 11.6 Å². The fraction of sp³-hybridized carbons (Fsp3) is 0.238. The summed E-state index contributed by atoms with van der Waals surface area (Å²) in [5, 5.41) is 9.86. The number of alkyl halides is 3. The maximum Gasteiger partial charge on any atom is 0.416 e. The van der Waals surface area contributed by atoms with Gasteiger partial charge < -0.3 is 5.32 Å². The van der Waals surface area contributed by atoms with Gasteiger partial charge in [0.2, 0.25) is 0 Å². The molecule has 3 rings (SSSR count). The van der Waals surface area contributed by atoms with Crippen molar-refractivity contribution in [3.05, 3.63) is 71.9 Å². The summed E-state index contributed by atoms with van der Waals surface area (Å²) in [5.41, 5.74) is 0.789. The van der Waals surface area contributed by atoms with Gasteiger partial charge in [-0.25, -0.2) is 9.48 Å².